The molecule has 7 heteroatoms. The molecule has 2 aliphatic heterocycles. The average Bonchev–Trinajstić information content (AvgIpc) is 3.35. The molecule has 1 N–H and O–H groups in total. The molecule has 1 aromatic carbocycles. The Balaban J connectivity index is 0.00000300. The largest absolute Gasteiger partial charge is 0.382 e. The van der Waals surface area contributed by atoms with Crippen LogP contribution >= 0.6 is 24.0 Å². The third kappa shape index (κ3) is 6.72. The van der Waals surface area contributed by atoms with Crippen molar-refractivity contribution < 1.29 is 9.47 Å². The van der Waals surface area contributed by atoms with Gasteiger partial charge >= 0.3 is 0 Å². The van der Waals surface area contributed by atoms with Crippen LogP contribution in [0.2, 0.25) is 0 Å². The third-order valence-corrected chi connectivity index (χ3v) is 5.67. The van der Waals surface area contributed by atoms with Crippen LogP contribution in [0.25, 0.3) is 0 Å². The van der Waals surface area contributed by atoms with Gasteiger partial charge in [-0.2, -0.15) is 0 Å². The lowest BCUT2D eigenvalue weighted by Gasteiger charge is -2.27. The summed E-state index contributed by atoms with van der Waals surface area (Å²) in [6.07, 6.45) is 2.30. The highest BCUT2D eigenvalue weighted by Gasteiger charge is 2.26. The van der Waals surface area contributed by atoms with Gasteiger partial charge < -0.3 is 24.6 Å². The number of rotatable bonds is 9. The van der Waals surface area contributed by atoms with Gasteiger partial charge in [0.05, 0.1) is 26.4 Å². The number of fused-ring (bicyclic) bond motifs is 1. The predicted octanol–water partition coefficient (Wildman–Crippen LogP) is 3.01. The molecule has 2 aliphatic rings. The molecule has 1 fully saturated rings. The molecule has 0 radical (unpaired) electrons. The van der Waals surface area contributed by atoms with Crippen molar-refractivity contribution in [2.45, 2.75) is 32.7 Å². The van der Waals surface area contributed by atoms with E-state index in [1.165, 1.54) is 11.3 Å². The first-order chi connectivity index (χ1) is 13.7. The summed E-state index contributed by atoms with van der Waals surface area (Å²) >= 11 is 0. The first-order valence-electron chi connectivity index (χ1n) is 10.7. The summed E-state index contributed by atoms with van der Waals surface area (Å²) in [5.74, 6) is 1.62. The van der Waals surface area contributed by atoms with E-state index in [0.717, 1.165) is 58.1 Å². The van der Waals surface area contributed by atoms with Crippen molar-refractivity contribution in [2.75, 3.05) is 64.6 Å². The Morgan fingerprint density at radius 2 is 2.10 bits per heavy atom. The van der Waals surface area contributed by atoms with E-state index < -0.39 is 0 Å². The zero-order chi connectivity index (χ0) is 19.8. The number of nitrogens with zero attached hydrogens (tertiary/aromatic N) is 3. The van der Waals surface area contributed by atoms with Crippen LogP contribution in [0.1, 0.15) is 25.8 Å². The van der Waals surface area contributed by atoms with E-state index in [2.05, 4.69) is 53.2 Å². The summed E-state index contributed by atoms with van der Waals surface area (Å²) in [5, 5.41) is 3.48. The van der Waals surface area contributed by atoms with E-state index in [1.807, 2.05) is 0 Å². The van der Waals surface area contributed by atoms with E-state index in [9.17, 15) is 0 Å². The first kappa shape index (κ1) is 24.2. The molecule has 0 aliphatic carbocycles. The summed E-state index contributed by atoms with van der Waals surface area (Å²) in [7, 11) is 1.71. The lowest BCUT2D eigenvalue weighted by molar-refractivity contribution is 0.0536. The maximum atomic E-state index is 5.73. The number of nitrogens with one attached hydrogen (secondary N) is 1. The molecule has 0 aromatic heterocycles. The van der Waals surface area contributed by atoms with Crippen molar-refractivity contribution >= 4 is 35.6 Å². The van der Waals surface area contributed by atoms with Crippen molar-refractivity contribution in [3.63, 3.8) is 0 Å². The van der Waals surface area contributed by atoms with Crippen LogP contribution in [-0.4, -0.2) is 76.6 Å². The van der Waals surface area contributed by atoms with Gasteiger partial charge in [-0.15, -0.1) is 24.0 Å². The Labute approximate surface area is 193 Å². The summed E-state index contributed by atoms with van der Waals surface area (Å²) in [5.41, 5.74) is 2.84. The van der Waals surface area contributed by atoms with E-state index in [0.29, 0.717) is 25.2 Å². The van der Waals surface area contributed by atoms with Crippen molar-refractivity contribution in [2.24, 2.45) is 10.9 Å². The summed E-state index contributed by atoms with van der Waals surface area (Å²) in [6.45, 7) is 11.4. The van der Waals surface area contributed by atoms with Crippen molar-refractivity contribution in [3.05, 3.63) is 29.8 Å². The zero-order valence-corrected chi connectivity index (χ0v) is 20.4. The number of anilines is 1. The fourth-order valence-electron chi connectivity index (χ4n) is 4.12. The van der Waals surface area contributed by atoms with Gasteiger partial charge in [-0.05, 0) is 38.3 Å². The van der Waals surface area contributed by atoms with Gasteiger partial charge in [-0.25, -0.2) is 0 Å². The number of benzene rings is 1. The van der Waals surface area contributed by atoms with Gasteiger partial charge in [0.25, 0.3) is 0 Å². The molecule has 1 aromatic rings. The first-order valence-corrected chi connectivity index (χ1v) is 10.7. The highest BCUT2D eigenvalue weighted by atomic mass is 127. The molecular weight excluding hydrogens is 479 g/mol. The molecule has 2 atom stereocenters. The van der Waals surface area contributed by atoms with Gasteiger partial charge in [0.2, 0.25) is 0 Å². The van der Waals surface area contributed by atoms with Crippen LogP contribution in [0.15, 0.2) is 29.3 Å². The smallest absolute Gasteiger partial charge is 0.193 e. The van der Waals surface area contributed by atoms with E-state index in [4.69, 9.17) is 14.5 Å². The Hall–Kier alpha value is -1.06. The van der Waals surface area contributed by atoms with Crippen LogP contribution in [0.5, 0.6) is 0 Å². The fraction of sp³-hybridized carbons (Fsp3) is 0.682. The van der Waals surface area contributed by atoms with Gasteiger partial charge in [0, 0.05) is 50.9 Å². The van der Waals surface area contributed by atoms with Crippen LogP contribution < -0.4 is 10.2 Å². The molecule has 0 spiro atoms. The number of aliphatic imine (C=N–C) groups is 1. The monoisotopic (exact) mass is 516 g/mol. The number of likely N-dealkylation sites (tertiary alicyclic amines) is 1. The molecule has 2 unspecified atom stereocenters. The van der Waals surface area contributed by atoms with E-state index in [-0.39, 0.29) is 24.0 Å². The highest BCUT2D eigenvalue weighted by Crippen LogP contribution is 2.29. The van der Waals surface area contributed by atoms with Crippen LogP contribution in [-0.2, 0) is 15.9 Å². The Bertz CT molecular complexity index is 643. The van der Waals surface area contributed by atoms with Crippen LogP contribution in [0.3, 0.4) is 0 Å². The standard InChI is InChI=1S/C22H36N4O2.HI/c1-4-23-22(25-11-9-19(16-25)17-28-14-13-27-3)24-15-18(2)26-12-10-20-7-5-6-8-21(20)26;/h5-8,18-19H,4,9-17H2,1-3H3,(H,23,24);1H. The third-order valence-electron chi connectivity index (χ3n) is 5.67. The highest BCUT2D eigenvalue weighted by molar-refractivity contribution is 14.0. The number of hydrogen-bond donors (Lipinski definition) is 1. The maximum absolute atomic E-state index is 5.73. The molecular formula is C22H37IN4O2. The van der Waals surface area contributed by atoms with Crippen molar-refractivity contribution in [1.29, 1.82) is 0 Å². The molecule has 164 valence electrons. The Kier molecular flexibility index (Phi) is 10.5. The molecule has 2 heterocycles. The number of para-hydroxylation sites is 1. The predicted molar refractivity (Wildman–Crippen MR) is 131 cm³/mol. The second kappa shape index (κ2) is 12.6. The Morgan fingerprint density at radius 1 is 1.28 bits per heavy atom. The van der Waals surface area contributed by atoms with Crippen molar-refractivity contribution in [1.82, 2.24) is 10.2 Å². The summed E-state index contributed by atoms with van der Waals surface area (Å²) < 4.78 is 10.8. The lowest BCUT2D eigenvalue weighted by atomic mass is 10.1. The second-order valence-electron chi connectivity index (χ2n) is 7.78. The second-order valence-corrected chi connectivity index (χ2v) is 7.78. The normalized spacial score (nSPS) is 19.8. The minimum atomic E-state index is 0. The molecule has 0 bridgehead atoms. The summed E-state index contributed by atoms with van der Waals surface area (Å²) in [4.78, 5) is 9.87. The number of methoxy groups -OCH3 is 1. The summed E-state index contributed by atoms with van der Waals surface area (Å²) in [6, 6.07) is 9.15. The zero-order valence-electron chi connectivity index (χ0n) is 18.1. The van der Waals surface area contributed by atoms with E-state index >= 15 is 0 Å². The van der Waals surface area contributed by atoms with E-state index in [1.54, 1.807) is 7.11 Å². The topological polar surface area (TPSA) is 49.3 Å². The minimum absolute atomic E-state index is 0. The fourth-order valence-corrected chi connectivity index (χ4v) is 4.12. The molecule has 0 amide bonds. The number of hydrogen-bond acceptors (Lipinski definition) is 4. The minimum Gasteiger partial charge on any atom is -0.382 e. The van der Waals surface area contributed by atoms with Gasteiger partial charge in [0.1, 0.15) is 0 Å². The molecule has 1 saturated heterocycles. The maximum Gasteiger partial charge on any atom is 0.193 e. The van der Waals surface area contributed by atoms with Crippen molar-refractivity contribution in [3.8, 4) is 0 Å². The quantitative estimate of drug-likeness (QED) is 0.237. The lowest BCUT2D eigenvalue weighted by Crippen LogP contribution is -2.42. The van der Waals surface area contributed by atoms with Crippen LogP contribution in [0.4, 0.5) is 5.69 Å². The average molecular weight is 516 g/mol. The van der Waals surface area contributed by atoms with Gasteiger partial charge in [-0.3, -0.25) is 4.99 Å². The SMILES string of the molecule is CCNC(=NCC(C)N1CCc2ccccc21)N1CCC(COCCOC)C1.I. The number of halogens is 1. The van der Waals surface area contributed by atoms with Gasteiger partial charge in [-0.1, -0.05) is 18.2 Å². The van der Waals surface area contributed by atoms with Crippen LogP contribution in [0, 0.1) is 5.92 Å². The molecule has 3 rings (SSSR count). The Morgan fingerprint density at radius 3 is 2.90 bits per heavy atom. The molecule has 6 nitrogen and oxygen atoms in total. The van der Waals surface area contributed by atoms with Gasteiger partial charge in [0.15, 0.2) is 5.96 Å². The number of guanidine groups is 1. The number of ether oxygens (including phenoxy) is 2. The molecule has 0 saturated carbocycles. The molecule has 29 heavy (non-hydrogen) atoms.